The molecule has 0 radical (unpaired) electrons. The number of pyridine rings is 1. The molecule has 0 aliphatic heterocycles. The molecule has 24 heavy (non-hydrogen) atoms. The van der Waals surface area contributed by atoms with Crippen LogP contribution in [0.25, 0.3) is 16.7 Å². The van der Waals surface area contributed by atoms with E-state index in [0.29, 0.717) is 40.3 Å². The minimum absolute atomic E-state index is 0.181. The molecule has 0 fully saturated rings. The Morgan fingerprint density at radius 1 is 1.04 bits per heavy atom. The molecule has 0 spiro atoms. The van der Waals surface area contributed by atoms with Crippen LogP contribution in [0.3, 0.4) is 0 Å². The highest BCUT2D eigenvalue weighted by Gasteiger charge is 2.65. The number of aromatic nitrogens is 3. The molecule has 1 aromatic carbocycles. The van der Waals surface area contributed by atoms with Crippen LogP contribution in [0.5, 0.6) is 0 Å². The highest BCUT2D eigenvalue weighted by molar-refractivity contribution is 8.45. The van der Waals surface area contributed by atoms with E-state index in [0.717, 1.165) is 12.1 Å². The lowest BCUT2D eigenvalue weighted by molar-refractivity contribution is 0.364. The molecule has 0 saturated heterocycles. The molecule has 0 aliphatic rings. The van der Waals surface area contributed by atoms with Crippen molar-refractivity contribution < 1.29 is 19.4 Å². The Hall–Kier alpha value is -1.87. The first-order valence-electron chi connectivity index (χ1n) is 6.77. The first kappa shape index (κ1) is 17.0. The van der Waals surface area contributed by atoms with E-state index in [9.17, 15) is 19.4 Å². The molecule has 3 nitrogen and oxygen atoms in total. The van der Waals surface area contributed by atoms with E-state index in [4.69, 9.17) is 11.6 Å². The molecule has 2 heterocycles. The van der Waals surface area contributed by atoms with Gasteiger partial charge in [0, 0.05) is 6.20 Å². The van der Waals surface area contributed by atoms with E-state index >= 15 is 0 Å². The Morgan fingerprint density at radius 2 is 1.67 bits per heavy atom. The maximum absolute atomic E-state index is 12.8. The second-order valence-corrected chi connectivity index (χ2v) is 7.98. The third-order valence-corrected chi connectivity index (χ3v) is 4.93. The van der Waals surface area contributed by atoms with Crippen molar-refractivity contribution >= 4 is 32.9 Å². The average Bonchev–Trinajstić information content (AvgIpc) is 2.85. The molecule has 0 aliphatic carbocycles. The molecular weight excluding hydrogens is 373 g/mol. The van der Waals surface area contributed by atoms with Gasteiger partial charge >= 0.3 is 10.2 Å². The molecular formula is C14H11ClF5N3S. The van der Waals surface area contributed by atoms with Gasteiger partial charge in [0.1, 0.15) is 4.90 Å². The summed E-state index contributed by atoms with van der Waals surface area (Å²) in [6.45, 7) is 1.84. The second-order valence-electron chi connectivity index (χ2n) is 5.17. The highest BCUT2D eigenvalue weighted by atomic mass is 35.5. The van der Waals surface area contributed by atoms with Crippen LogP contribution in [-0.2, 0) is 6.42 Å². The van der Waals surface area contributed by atoms with Gasteiger partial charge in [-0.15, -0.1) is 0 Å². The lowest BCUT2D eigenvalue weighted by Gasteiger charge is -2.40. The summed E-state index contributed by atoms with van der Waals surface area (Å²) in [5, 5.41) is 5.27. The predicted octanol–water partition coefficient (Wildman–Crippen LogP) is 6.29. The Kier molecular flexibility index (Phi) is 3.25. The number of benzene rings is 1. The average molecular weight is 384 g/mol. The maximum atomic E-state index is 12.8. The fourth-order valence-corrected chi connectivity index (χ4v) is 3.25. The number of hydrogen-bond donors (Lipinski definition) is 0. The van der Waals surface area contributed by atoms with Gasteiger partial charge in [-0.05, 0) is 36.8 Å². The topological polar surface area (TPSA) is 30.7 Å². The third-order valence-electron chi connectivity index (χ3n) is 3.45. The summed E-state index contributed by atoms with van der Waals surface area (Å²) >= 11 is 6.13. The van der Waals surface area contributed by atoms with Crippen LogP contribution >= 0.6 is 21.8 Å². The van der Waals surface area contributed by atoms with Crippen LogP contribution < -0.4 is 0 Å². The number of hydrogen-bond acceptors (Lipinski definition) is 2. The van der Waals surface area contributed by atoms with Crippen molar-refractivity contribution in [2.75, 3.05) is 0 Å². The molecule has 0 bridgehead atoms. The monoisotopic (exact) mass is 383 g/mol. The highest BCUT2D eigenvalue weighted by Crippen LogP contribution is 3.02. The lowest BCUT2D eigenvalue weighted by Crippen LogP contribution is -2.06. The largest absolute Gasteiger partial charge is 0.310 e. The molecule has 0 N–H and O–H groups in total. The van der Waals surface area contributed by atoms with Crippen LogP contribution in [0.15, 0.2) is 41.4 Å². The quantitative estimate of drug-likeness (QED) is 0.497. The van der Waals surface area contributed by atoms with Crippen molar-refractivity contribution in [2.24, 2.45) is 0 Å². The SMILES string of the molecule is CCc1nn(-c2ccc(S(F)(F)(F)(F)F)cc2)c2nccc(Cl)c12. The molecule has 0 amide bonds. The zero-order valence-corrected chi connectivity index (χ0v) is 13.8. The van der Waals surface area contributed by atoms with E-state index in [2.05, 4.69) is 10.1 Å². The van der Waals surface area contributed by atoms with Gasteiger partial charge in [0.05, 0.1) is 21.8 Å². The van der Waals surface area contributed by atoms with Crippen molar-refractivity contribution in [1.29, 1.82) is 0 Å². The Bertz CT molecular complexity index is 936. The summed E-state index contributed by atoms with van der Waals surface area (Å²) in [4.78, 5) is 2.19. The number of fused-ring (bicyclic) bond motifs is 1. The van der Waals surface area contributed by atoms with Crippen molar-refractivity contribution in [3.8, 4) is 5.69 Å². The summed E-state index contributed by atoms with van der Waals surface area (Å²) in [6, 6.07) is 4.14. The smallest absolute Gasteiger partial charge is 0.236 e. The van der Waals surface area contributed by atoms with E-state index in [1.54, 1.807) is 6.07 Å². The lowest BCUT2D eigenvalue weighted by atomic mass is 10.2. The number of nitrogens with zero attached hydrogens (tertiary/aromatic N) is 3. The van der Waals surface area contributed by atoms with Gasteiger partial charge in [-0.25, -0.2) is 9.67 Å². The minimum Gasteiger partial charge on any atom is -0.236 e. The van der Waals surface area contributed by atoms with Gasteiger partial charge < -0.3 is 0 Å². The summed E-state index contributed by atoms with van der Waals surface area (Å²) in [6.07, 6.45) is 1.96. The molecule has 0 atom stereocenters. The molecule has 10 heteroatoms. The van der Waals surface area contributed by atoms with E-state index in [-0.39, 0.29) is 5.69 Å². The van der Waals surface area contributed by atoms with Crippen molar-refractivity contribution in [2.45, 2.75) is 18.2 Å². The number of aryl methyl sites for hydroxylation is 1. The summed E-state index contributed by atoms with van der Waals surface area (Å²) in [7, 11) is -9.70. The summed E-state index contributed by atoms with van der Waals surface area (Å²) < 4.78 is 65.3. The minimum atomic E-state index is -9.70. The van der Waals surface area contributed by atoms with Gasteiger partial charge in [0.15, 0.2) is 5.65 Å². The second kappa shape index (κ2) is 4.60. The zero-order chi connectivity index (χ0) is 17.8. The molecule has 0 unspecified atom stereocenters. The third kappa shape index (κ3) is 2.93. The Balaban J connectivity index is 2.18. The van der Waals surface area contributed by atoms with Gasteiger partial charge in [-0.3, -0.25) is 0 Å². The normalized spacial score (nSPS) is 15.3. The molecule has 2 aromatic heterocycles. The van der Waals surface area contributed by atoms with Gasteiger partial charge in [-0.1, -0.05) is 38.0 Å². The van der Waals surface area contributed by atoms with Gasteiger partial charge in [0.2, 0.25) is 0 Å². The van der Waals surface area contributed by atoms with Gasteiger partial charge in [0.25, 0.3) is 0 Å². The van der Waals surface area contributed by atoms with Crippen LogP contribution in [0.1, 0.15) is 12.6 Å². The van der Waals surface area contributed by atoms with Crippen LogP contribution in [0, 0.1) is 0 Å². The Morgan fingerprint density at radius 3 is 2.21 bits per heavy atom. The van der Waals surface area contributed by atoms with Crippen molar-refractivity contribution in [1.82, 2.24) is 14.8 Å². The fraction of sp³-hybridized carbons (Fsp3) is 0.143. The first-order chi connectivity index (χ1) is 10.9. The predicted molar refractivity (Wildman–Crippen MR) is 84.7 cm³/mol. The summed E-state index contributed by atoms with van der Waals surface area (Å²) in [5.41, 5.74) is 1.14. The van der Waals surface area contributed by atoms with Crippen molar-refractivity contribution in [3.05, 3.63) is 47.2 Å². The zero-order valence-electron chi connectivity index (χ0n) is 12.2. The first-order valence-corrected chi connectivity index (χ1v) is 9.10. The molecule has 0 saturated carbocycles. The van der Waals surface area contributed by atoms with Crippen LogP contribution in [0.4, 0.5) is 19.4 Å². The van der Waals surface area contributed by atoms with Crippen molar-refractivity contribution in [3.63, 3.8) is 0 Å². The van der Waals surface area contributed by atoms with E-state index < -0.39 is 15.1 Å². The fourth-order valence-electron chi connectivity index (χ4n) is 2.35. The summed E-state index contributed by atoms with van der Waals surface area (Å²) in [5.74, 6) is 0. The van der Waals surface area contributed by atoms with Crippen LogP contribution in [-0.4, -0.2) is 14.8 Å². The molecule has 3 rings (SSSR count). The maximum Gasteiger partial charge on any atom is 0.310 e. The molecule has 130 valence electrons. The number of halogens is 6. The van der Waals surface area contributed by atoms with E-state index in [1.807, 2.05) is 6.92 Å². The Labute approximate surface area is 138 Å². The van der Waals surface area contributed by atoms with Crippen LogP contribution in [0.2, 0.25) is 5.02 Å². The number of rotatable bonds is 3. The molecule has 3 aromatic rings. The van der Waals surface area contributed by atoms with E-state index in [1.165, 1.54) is 10.9 Å². The standard InChI is InChI=1S/C14H11ClF5N3S/c1-2-12-13-11(15)7-8-21-14(13)23(22-12)9-3-5-10(6-4-9)24(16,17,18,19)20/h3-8H,2H2,1H3. The van der Waals surface area contributed by atoms with Gasteiger partial charge in [-0.2, -0.15) is 5.10 Å².